The normalized spacial score (nSPS) is 14.6. The van der Waals surface area contributed by atoms with Gasteiger partial charge in [-0.05, 0) is 19.9 Å². The van der Waals surface area contributed by atoms with E-state index in [1.807, 2.05) is 26.0 Å². The van der Waals surface area contributed by atoms with E-state index in [9.17, 15) is 0 Å². The number of nitrogens with zero attached hydrogens (tertiary/aromatic N) is 1. The van der Waals surface area contributed by atoms with E-state index in [2.05, 4.69) is 10.3 Å². The molecule has 4 heteroatoms. The Morgan fingerprint density at radius 1 is 1.57 bits per heavy atom. The van der Waals surface area contributed by atoms with Crippen LogP contribution < -0.4 is 5.32 Å². The highest BCUT2D eigenvalue weighted by Gasteiger charge is 1.98. The maximum atomic E-state index is 6.88. The summed E-state index contributed by atoms with van der Waals surface area (Å²) in [4.78, 5) is 4.17. The van der Waals surface area contributed by atoms with E-state index in [0.717, 1.165) is 6.21 Å². The highest BCUT2D eigenvalue weighted by molar-refractivity contribution is 5.71. The molecule has 0 aromatic heterocycles. The predicted molar refractivity (Wildman–Crippen MR) is 59.8 cm³/mol. The standard InChI is InChI=1S/C10H17N3O/c1-4-5-8-12-9(2)13-10(14-3)6-7-11/h4-9,11,13H,1-3H3/b5-4-,10-6+,11-7?,12-8-. The molecule has 2 N–H and O–H groups in total. The Bertz CT molecular complexity index is 244. The molecule has 0 radical (unpaired) electrons. The monoisotopic (exact) mass is 195 g/mol. The zero-order chi connectivity index (χ0) is 10.8. The van der Waals surface area contributed by atoms with Crippen LogP contribution in [0.4, 0.5) is 0 Å². The summed E-state index contributed by atoms with van der Waals surface area (Å²) in [7, 11) is 1.55. The van der Waals surface area contributed by atoms with Gasteiger partial charge >= 0.3 is 0 Å². The molecule has 0 spiro atoms. The lowest BCUT2D eigenvalue weighted by Gasteiger charge is -2.12. The molecule has 0 aromatic carbocycles. The number of aliphatic imine (C=N–C) groups is 1. The van der Waals surface area contributed by atoms with Crippen molar-refractivity contribution in [1.29, 1.82) is 5.41 Å². The molecule has 0 heterocycles. The minimum Gasteiger partial charge on any atom is -0.482 e. The maximum Gasteiger partial charge on any atom is 0.189 e. The Balaban J connectivity index is 4.08. The molecule has 1 unspecified atom stereocenters. The minimum atomic E-state index is -0.0719. The van der Waals surface area contributed by atoms with Gasteiger partial charge in [0, 0.05) is 18.5 Å². The molecule has 0 aliphatic carbocycles. The third kappa shape index (κ3) is 5.99. The Labute approximate surface area is 84.9 Å². The van der Waals surface area contributed by atoms with Crippen LogP contribution in [0.1, 0.15) is 13.8 Å². The predicted octanol–water partition coefficient (Wildman–Crippen LogP) is 1.71. The smallest absolute Gasteiger partial charge is 0.189 e. The summed E-state index contributed by atoms with van der Waals surface area (Å²) in [5.41, 5.74) is 0. The topological polar surface area (TPSA) is 57.5 Å². The first-order valence-electron chi connectivity index (χ1n) is 4.40. The fourth-order valence-electron chi connectivity index (χ4n) is 0.759. The number of allylic oxidation sites excluding steroid dienone is 3. The fourth-order valence-corrected chi connectivity index (χ4v) is 0.759. The van der Waals surface area contributed by atoms with Crippen LogP contribution >= 0.6 is 0 Å². The first kappa shape index (κ1) is 12.4. The Hall–Kier alpha value is -1.58. The first-order valence-corrected chi connectivity index (χ1v) is 4.40. The number of rotatable bonds is 6. The van der Waals surface area contributed by atoms with Crippen molar-refractivity contribution < 1.29 is 4.74 Å². The summed E-state index contributed by atoms with van der Waals surface area (Å²) in [6.45, 7) is 3.83. The second kappa shape index (κ2) is 8.04. The Morgan fingerprint density at radius 2 is 2.29 bits per heavy atom. The number of nitrogens with one attached hydrogen (secondary N) is 2. The van der Waals surface area contributed by atoms with Crippen LogP contribution in [0.15, 0.2) is 29.1 Å². The van der Waals surface area contributed by atoms with E-state index in [0.29, 0.717) is 5.88 Å². The average molecular weight is 195 g/mol. The third-order valence-corrected chi connectivity index (χ3v) is 1.39. The number of hydrogen-bond acceptors (Lipinski definition) is 4. The van der Waals surface area contributed by atoms with Crippen LogP contribution in [-0.4, -0.2) is 25.7 Å². The van der Waals surface area contributed by atoms with Crippen LogP contribution in [0, 0.1) is 5.41 Å². The molecular weight excluding hydrogens is 178 g/mol. The Kier molecular flexibility index (Phi) is 7.13. The quantitative estimate of drug-likeness (QED) is 0.500. The number of methoxy groups -OCH3 is 1. The molecule has 0 fully saturated rings. The van der Waals surface area contributed by atoms with Gasteiger partial charge in [0.05, 0.1) is 7.11 Å². The van der Waals surface area contributed by atoms with Gasteiger partial charge < -0.3 is 15.5 Å². The van der Waals surface area contributed by atoms with Gasteiger partial charge in [-0.15, -0.1) is 0 Å². The van der Waals surface area contributed by atoms with Crippen molar-refractivity contribution in [2.24, 2.45) is 4.99 Å². The summed E-state index contributed by atoms with van der Waals surface area (Å²) < 4.78 is 4.97. The van der Waals surface area contributed by atoms with Crippen LogP contribution in [0.2, 0.25) is 0 Å². The highest BCUT2D eigenvalue weighted by Crippen LogP contribution is 1.92. The van der Waals surface area contributed by atoms with Gasteiger partial charge in [-0.3, -0.25) is 4.99 Å². The van der Waals surface area contributed by atoms with Gasteiger partial charge in [0.2, 0.25) is 0 Å². The molecule has 0 aliphatic rings. The van der Waals surface area contributed by atoms with Crippen molar-refractivity contribution in [2.75, 3.05) is 7.11 Å². The van der Waals surface area contributed by atoms with E-state index in [1.54, 1.807) is 13.3 Å². The van der Waals surface area contributed by atoms with Gasteiger partial charge in [0.25, 0.3) is 0 Å². The summed E-state index contributed by atoms with van der Waals surface area (Å²) in [5, 5.41) is 9.86. The Morgan fingerprint density at radius 3 is 2.79 bits per heavy atom. The largest absolute Gasteiger partial charge is 0.482 e. The molecule has 1 atom stereocenters. The molecule has 0 aliphatic heterocycles. The molecular formula is C10H17N3O. The lowest BCUT2D eigenvalue weighted by molar-refractivity contribution is 0.253. The van der Waals surface area contributed by atoms with Gasteiger partial charge in [-0.25, -0.2) is 0 Å². The van der Waals surface area contributed by atoms with Crippen molar-refractivity contribution in [2.45, 2.75) is 20.0 Å². The van der Waals surface area contributed by atoms with Crippen molar-refractivity contribution >= 4 is 12.4 Å². The summed E-state index contributed by atoms with van der Waals surface area (Å²) >= 11 is 0. The molecule has 14 heavy (non-hydrogen) atoms. The molecule has 4 nitrogen and oxygen atoms in total. The molecule has 0 saturated heterocycles. The number of ether oxygens (including phenoxy) is 1. The van der Waals surface area contributed by atoms with E-state index < -0.39 is 0 Å². The second-order valence-corrected chi connectivity index (χ2v) is 2.55. The van der Waals surface area contributed by atoms with E-state index in [-0.39, 0.29) is 6.17 Å². The zero-order valence-electron chi connectivity index (χ0n) is 8.82. The molecule has 0 bridgehead atoms. The van der Waals surface area contributed by atoms with Crippen LogP contribution in [-0.2, 0) is 4.74 Å². The molecule has 0 amide bonds. The molecule has 78 valence electrons. The van der Waals surface area contributed by atoms with Gasteiger partial charge in [-0.2, -0.15) is 0 Å². The third-order valence-electron chi connectivity index (χ3n) is 1.39. The van der Waals surface area contributed by atoms with E-state index in [4.69, 9.17) is 10.1 Å². The SMILES string of the molecule is C/C=C\C=N/C(C)N/C(=C\C=N)OC. The summed E-state index contributed by atoms with van der Waals surface area (Å²) in [5.74, 6) is 0.533. The van der Waals surface area contributed by atoms with Gasteiger partial charge in [0.1, 0.15) is 6.17 Å². The molecule has 0 rings (SSSR count). The summed E-state index contributed by atoms with van der Waals surface area (Å²) in [6, 6.07) is 0. The van der Waals surface area contributed by atoms with Crippen LogP contribution in [0.25, 0.3) is 0 Å². The van der Waals surface area contributed by atoms with E-state index in [1.165, 1.54) is 6.08 Å². The van der Waals surface area contributed by atoms with Crippen LogP contribution in [0.3, 0.4) is 0 Å². The van der Waals surface area contributed by atoms with Crippen LogP contribution in [0.5, 0.6) is 0 Å². The van der Waals surface area contributed by atoms with Crippen molar-refractivity contribution in [3.8, 4) is 0 Å². The second-order valence-electron chi connectivity index (χ2n) is 2.55. The summed E-state index contributed by atoms with van der Waals surface area (Å²) in [6.07, 6.45) is 8.09. The lowest BCUT2D eigenvalue weighted by Crippen LogP contribution is -2.24. The number of hydrogen-bond donors (Lipinski definition) is 2. The van der Waals surface area contributed by atoms with Gasteiger partial charge in [-0.1, -0.05) is 6.08 Å². The van der Waals surface area contributed by atoms with Gasteiger partial charge in [0.15, 0.2) is 5.88 Å². The molecule has 0 aromatic rings. The minimum absolute atomic E-state index is 0.0719. The zero-order valence-corrected chi connectivity index (χ0v) is 8.82. The lowest BCUT2D eigenvalue weighted by atomic mass is 10.5. The highest BCUT2D eigenvalue weighted by atomic mass is 16.5. The van der Waals surface area contributed by atoms with Crippen molar-refractivity contribution in [1.82, 2.24) is 5.32 Å². The molecule has 0 saturated carbocycles. The first-order chi connectivity index (χ1) is 6.74. The fraction of sp³-hybridized carbons (Fsp3) is 0.400. The van der Waals surface area contributed by atoms with Crippen molar-refractivity contribution in [3.63, 3.8) is 0 Å². The average Bonchev–Trinajstić information content (AvgIpc) is 2.17. The van der Waals surface area contributed by atoms with E-state index >= 15 is 0 Å². The maximum absolute atomic E-state index is 6.88. The van der Waals surface area contributed by atoms with Crippen molar-refractivity contribution in [3.05, 3.63) is 24.1 Å².